The molecule has 2 rings (SSSR count). The van der Waals surface area contributed by atoms with Crippen molar-refractivity contribution in [1.29, 1.82) is 0 Å². The van der Waals surface area contributed by atoms with Crippen molar-refractivity contribution >= 4 is 0 Å². The fourth-order valence-electron chi connectivity index (χ4n) is 1.86. The van der Waals surface area contributed by atoms with E-state index in [0.717, 1.165) is 0 Å². The maximum Gasteiger partial charge on any atom is 0.169 e. The van der Waals surface area contributed by atoms with Crippen molar-refractivity contribution in [3.8, 4) is 0 Å². The number of aliphatic hydroxyl groups is 3. The summed E-state index contributed by atoms with van der Waals surface area (Å²) in [4.78, 5) is 2.54. The Morgan fingerprint density at radius 3 is 2.87 bits per heavy atom. The average Bonchev–Trinajstić information content (AvgIpc) is 2.65. The predicted octanol–water partition coefficient (Wildman–Crippen LogP) is -1.50. The van der Waals surface area contributed by atoms with E-state index < -0.39 is 36.7 Å². The number of fused-ring (bicyclic) bond motifs is 2. The van der Waals surface area contributed by atoms with E-state index >= 15 is 0 Å². The first kappa shape index (κ1) is 10.6. The van der Waals surface area contributed by atoms with Crippen LogP contribution in [0.3, 0.4) is 0 Å². The molecule has 0 radical (unpaired) electrons. The molecular weight excluding hydrogens is 206 g/mol. The van der Waals surface area contributed by atoms with E-state index in [0.29, 0.717) is 0 Å². The Morgan fingerprint density at radius 1 is 1.53 bits per heavy atom. The SMILES string of the molecule is [N-]=[N+]=N[C@H]1[C@H]2OC[C@](CO)(O2)[C@H](O)[C@@H]1O. The molecule has 2 heterocycles. The molecule has 0 aromatic heterocycles. The fourth-order valence-corrected chi connectivity index (χ4v) is 1.86. The van der Waals surface area contributed by atoms with Crippen LogP contribution >= 0.6 is 0 Å². The van der Waals surface area contributed by atoms with E-state index in [1.807, 2.05) is 0 Å². The van der Waals surface area contributed by atoms with Gasteiger partial charge in [-0.15, -0.1) is 0 Å². The summed E-state index contributed by atoms with van der Waals surface area (Å²) in [6, 6.07) is -0.993. The van der Waals surface area contributed by atoms with Gasteiger partial charge >= 0.3 is 0 Å². The third kappa shape index (κ3) is 1.39. The minimum atomic E-state index is -1.34. The standard InChI is InChI=1S/C7H11N3O5/c8-10-9-3-4(12)5(13)7(1-11)2-14-6(3)15-7/h3-6,11-13H,1-2H2/t3-,4-,5-,6+,7+/m1/s1. The van der Waals surface area contributed by atoms with Crippen LogP contribution in [0.1, 0.15) is 0 Å². The Morgan fingerprint density at radius 2 is 2.27 bits per heavy atom. The van der Waals surface area contributed by atoms with E-state index in [4.69, 9.17) is 20.1 Å². The Hall–Kier alpha value is -0.890. The molecule has 15 heavy (non-hydrogen) atoms. The maximum atomic E-state index is 9.71. The number of ether oxygens (including phenoxy) is 2. The molecule has 0 aromatic rings. The van der Waals surface area contributed by atoms with Crippen molar-refractivity contribution < 1.29 is 24.8 Å². The highest BCUT2D eigenvalue weighted by atomic mass is 16.7. The van der Waals surface area contributed by atoms with Gasteiger partial charge in [0.2, 0.25) is 0 Å². The average molecular weight is 217 g/mol. The van der Waals surface area contributed by atoms with Gasteiger partial charge in [0, 0.05) is 4.91 Å². The van der Waals surface area contributed by atoms with Crippen LogP contribution in [0, 0.1) is 0 Å². The summed E-state index contributed by atoms with van der Waals surface area (Å²) in [6.07, 6.45) is -3.54. The zero-order chi connectivity index (χ0) is 11.1. The Bertz CT molecular complexity index is 307. The molecule has 5 atom stereocenters. The van der Waals surface area contributed by atoms with Crippen molar-refractivity contribution in [2.75, 3.05) is 13.2 Å². The van der Waals surface area contributed by atoms with E-state index in [2.05, 4.69) is 10.0 Å². The number of rotatable bonds is 2. The zero-order valence-corrected chi connectivity index (χ0v) is 7.72. The zero-order valence-electron chi connectivity index (χ0n) is 7.72. The minimum absolute atomic E-state index is 0.0379. The van der Waals surface area contributed by atoms with Gasteiger partial charge in [-0.05, 0) is 5.53 Å². The van der Waals surface area contributed by atoms with Gasteiger partial charge in [0.05, 0.1) is 19.3 Å². The summed E-state index contributed by atoms with van der Waals surface area (Å²) in [5.74, 6) is 0. The number of aliphatic hydroxyl groups excluding tert-OH is 3. The molecule has 8 heteroatoms. The van der Waals surface area contributed by atoms with E-state index in [1.54, 1.807) is 0 Å². The number of hydrogen-bond donors (Lipinski definition) is 3. The first-order chi connectivity index (χ1) is 7.14. The van der Waals surface area contributed by atoms with Crippen LogP contribution < -0.4 is 0 Å². The lowest BCUT2D eigenvalue weighted by Crippen LogP contribution is -2.61. The van der Waals surface area contributed by atoms with E-state index in [9.17, 15) is 10.2 Å². The molecule has 0 saturated carbocycles. The molecule has 2 saturated heterocycles. The van der Waals surface area contributed by atoms with Crippen LogP contribution in [0.4, 0.5) is 0 Å². The van der Waals surface area contributed by atoms with Gasteiger partial charge in [-0.3, -0.25) is 0 Å². The molecule has 0 amide bonds. The lowest BCUT2D eigenvalue weighted by Gasteiger charge is -2.40. The van der Waals surface area contributed by atoms with Crippen molar-refractivity contribution in [2.45, 2.75) is 30.1 Å². The first-order valence-corrected chi connectivity index (χ1v) is 4.45. The summed E-state index contributed by atoms with van der Waals surface area (Å²) in [7, 11) is 0. The highest BCUT2D eigenvalue weighted by Crippen LogP contribution is 2.37. The van der Waals surface area contributed by atoms with Crippen LogP contribution in [0.15, 0.2) is 5.11 Å². The van der Waals surface area contributed by atoms with Gasteiger partial charge in [-0.2, -0.15) is 0 Å². The van der Waals surface area contributed by atoms with Crippen molar-refractivity contribution in [2.24, 2.45) is 5.11 Å². The molecule has 3 N–H and O–H groups in total. The van der Waals surface area contributed by atoms with Crippen LogP contribution in [0.25, 0.3) is 10.4 Å². The quantitative estimate of drug-likeness (QED) is 0.295. The summed E-state index contributed by atoms with van der Waals surface area (Å²) >= 11 is 0. The smallest absolute Gasteiger partial charge is 0.169 e. The van der Waals surface area contributed by atoms with Crippen LogP contribution in [-0.2, 0) is 9.47 Å². The van der Waals surface area contributed by atoms with Gasteiger partial charge in [0.25, 0.3) is 0 Å². The van der Waals surface area contributed by atoms with E-state index in [1.165, 1.54) is 0 Å². The number of nitrogens with zero attached hydrogens (tertiary/aromatic N) is 3. The second-order valence-corrected chi connectivity index (χ2v) is 3.65. The second-order valence-electron chi connectivity index (χ2n) is 3.65. The highest BCUT2D eigenvalue weighted by Gasteiger charge is 2.58. The van der Waals surface area contributed by atoms with Gasteiger partial charge < -0.3 is 24.8 Å². The summed E-state index contributed by atoms with van der Waals surface area (Å²) in [5.41, 5.74) is 6.98. The van der Waals surface area contributed by atoms with Crippen LogP contribution in [0.2, 0.25) is 0 Å². The Kier molecular flexibility index (Phi) is 2.55. The highest BCUT2D eigenvalue weighted by molar-refractivity contribution is 5.05. The Balaban J connectivity index is 2.28. The largest absolute Gasteiger partial charge is 0.393 e. The molecule has 2 bridgehead atoms. The van der Waals surface area contributed by atoms with Crippen molar-refractivity contribution in [3.05, 3.63) is 10.4 Å². The van der Waals surface area contributed by atoms with Crippen molar-refractivity contribution in [3.63, 3.8) is 0 Å². The lowest BCUT2D eigenvalue weighted by atomic mass is 9.89. The normalized spacial score (nSPS) is 48.7. The first-order valence-electron chi connectivity index (χ1n) is 4.45. The van der Waals surface area contributed by atoms with Gasteiger partial charge in [0.15, 0.2) is 6.29 Å². The third-order valence-electron chi connectivity index (χ3n) is 2.79. The van der Waals surface area contributed by atoms with Gasteiger partial charge in [-0.1, -0.05) is 5.11 Å². The molecular formula is C7H11N3O5. The Labute approximate surface area is 84.7 Å². The van der Waals surface area contributed by atoms with Crippen molar-refractivity contribution in [1.82, 2.24) is 0 Å². The molecule has 0 aliphatic carbocycles. The summed E-state index contributed by atoms with van der Waals surface area (Å²) < 4.78 is 10.3. The maximum absolute atomic E-state index is 9.71. The molecule has 84 valence electrons. The van der Waals surface area contributed by atoms with Gasteiger partial charge in [-0.25, -0.2) is 0 Å². The van der Waals surface area contributed by atoms with Gasteiger partial charge in [0.1, 0.15) is 17.7 Å². The predicted molar refractivity (Wildman–Crippen MR) is 45.6 cm³/mol. The molecule has 0 aromatic carbocycles. The van der Waals surface area contributed by atoms with Crippen LogP contribution in [0.5, 0.6) is 0 Å². The molecule has 0 spiro atoms. The molecule has 0 unspecified atom stereocenters. The van der Waals surface area contributed by atoms with E-state index in [-0.39, 0.29) is 6.61 Å². The second kappa shape index (κ2) is 3.60. The monoisotopic (exact) mass is 217 g/mol. The topological polar surface area (TPSA) is 128 Å². The molecule has 2 aliphatic heterocycles. The minimum Gasteiger partial charge on any atom is -0.393 e. The summed E-state index contributed by atoms with van der Waals surface area (Å²) in [5, 5.41) is 31.8. The lowest BCUT2D eigenvalue weighted by molar-refractivity contribution is -0.228. The number of azide groups is 1. The third-order valence-corrected chi connectivity index (χ3v) is 2.79. The molecule has 2 aliphatic rings. The molecule has 8 nitrogen and oxygen atoms in total. The van der Waals surface area contributed by atoms with Crippen LogP contribution in [-0.4, -0.2) is 58.7 Å². The fraction of sp³-hybridized carbons (Fsp3) is 1.00. The molecule has 2 fully saturated rings. The number of hydrogen-bond acceptors (Lipinski definition) is 6. The summed E-state index contributed by atoms with van der Waals surface area (Å²) in [6.45, 7) is -0.505.